The first-order chi connectivity index (χ1) is 7.96. The minimum atomic E-state index is -3.30. The van der Waals surface area contributed by atoms with Crippen LogP contribution in [0.2, 0.25) is 0 Å². The minimum Gasteiger partial charge on any atom is -0.320 e. The predicted octanol–water partition coefficient (Wildman–Crippen LogP) is 2.56. The summed E-state index contributed by atoms with van der Waals surface area (Å²) in [5.74, 6) is 0.0988. The number of rotatable bonds is 6. The Morgan fingerprint density at radius 1 is 1.24 bits per heavy atom. The quantitative estimate of drug-likeness (QED) is 0.740. The van der Waals surface area contributed by atoms with E-state index in [1.165, 1.54) is 0 Å². The third kappa shape index (κ3) is 4.95. The topological polar surface area (TPSA) is 58.2 Å². The maximum atomic E-state index is 11.8. The summed E-state index contributed by atoms with van der Waals surface area (Å²) in [7, 11) is -1.51. The standard InChI is InChI=1S/C10H14Br2N2O2S/c1-13-6-3-7-17(15,16)14-10-8(11)4-2-5-9(10)12/h2,4-5,13-14H,3,6-7H2,1H3. The van der Waals surface area contributed by atoms with Crippen molar-refractivity contribution in [2.45, 2.75) is 6.42 Å². The van der Waals surface area contributed by atoms with Gasteiger partial charge in [-0.15, -0.1) is 0 Å². The lowest BCUT2D eigenvalue weighted by atomic mass is 10.3. The van der Waals surface area contributed by atoms with Gasteiger partial charge in [0.15, 0.2) is 0 Å². The molecule has 2 N–H and O–H groups in total. The van der Waals surface area contributed by atoms with E-state index in [1.807, 2.05) is 6.07 Å². The van der Waals surface area contributed by atoms with Gasteiger partial charge in [0, 0.05) is 8.95 Å². The minimum absolute atomic E-state index is 0.0988. The molecule has 17 heavy (non-hydrogen) atoms. The van der Waals surface area contributed by atoms with E-state index >= 15 is 0 Å². The van der Waals surface area contributed by atoms with Crippen molar-refractivity contribution >= 4 is 47.6 Å². The van der Waals surface area contributed by atoms with Gasteiger partial charge in [0.25, 0.3) is 0 Å². The maximum absolute atomic E-state index is 11.8. The fourth-order valence-corrected chi connectivity index (χ4v) is 3.86. The molecule has 0 amide bonds. The fraction of sp³-hybridized carbons (Fsp3) is 0.400. The molecule has 0 unspecified atom stereocenters. The number of nitrogens with one attached hydrogen (secondary N) is 2. The maximum Gasteiger partial charge on any atom is 0.232 e. The molecular weight excluding hydrogens is 372 g/mol. The van der Waals surface area contributed by atoms with E-state index < -0.39 is 10.0 Å². The number of para-hydroxylation sites is 1. The molecule has 7 heteroatoms. The molecule has 0 heterocycles. The van der Waals surface area contributed by atoms with Crippen LogP contribution in [0.1, 0.15) is 6.42 Å². The molecule has 0 fully saturated rings. The van der Waals surface area contributed by atoms with Crippen molar-refractivity contribution in [3.05, 3.63) is 27.1 Å². The number of anilines is 1. The number of benzene rings is 1. The summed E-state index contributed by atoms with van der Waals surface area (Å²) < 4.78 is 27.6. The number of hydrogen-bond donors (Lipinski definition) is 2. The third-order valence-corrected chi connectivity index (χ3v) is 4.72. The average Bonchev–Trinajstić information content (AvgIpc) is 2.24. The first kappa shape index (κ1) is 14.9. The molecule has 0 radical (unpaired) electrons. The van der Waals surface area contributed by atoms with Crippen molar-refractivity contribution in [2.24, 2.45) is 0 Å². The van der Waals surface area contributed by atoms with E-state index in [2.05, 4.69) is 41.9 Å². The zero-order chi connectivity index (χ0) is 12.9. The van der Waals surface area contributed by atoms with Gasteiger partial charge in [-0.3, -0.25) is 4.72 Å². The Morgan fingerprint density at radius 3 is 2.35 bits per heavy atom. The second-order valence-electron chi connectivity index (χ2n) is 3.47. The summed E-state index contributed by atoms with van der Waals surface area (Å²) in [5, 5.41) is 2.92. The molecule has 0 saturated carbocycles. The van der Waals surface area contributed by atoms with Crippen LogP contribution >= 0.6 is 31.9 Å². The van der Waals surface area contributed by atoms with Crippen LogP contribution in [-0.2, 0) is 10.0 Å². The highest BCUT2D eigenvalue weighted by molar-refractivity contribution is 9.11. The summed E-state index contributed by atoms with van der Waals surface area (Å²) >= 11 is 6.62. The Hall–Kier alpha value is -0.110. The second kappa shape index (κ2) is 6.72. The summed E-state index contributed by atoms with van der Waals surface area (Å²) in [4.78, 5) is 0. The average molecular weight is 386 g/mol. The van der Waals surface area contributed by atoms with Crippen molar-refractivity contribution in [1.29, 1.82) is 0 Å². The molecule has 0 spiro atoms. The SMILES string of the molecule is CNCCCS(=O)(=O)Nc1c(Br)cccc1Br. The van der Waals surface area contributed by atoms with Crippen LogP contribution < -0.4 is 10.0 Å². The van der Waals surface area contributed by atoms with E-state index in [-0.39, 0.29) is 5.75 Å². The largest absolute Gasteiger partial charge is 0.320 e. The molecule has 1 aromatic carbocycles. The van der Waals surface area contributed by atoms with Gasteiger partial charge in [-0.2, -0.15) is 0 Å². The van der Waals surface area contributed by atoms with Crippen LogP contribution in [0.5, 0.6) is 0 Å². The molecule has 1 rings (SSSR count). The lowest BCUT2D eigenvalue weighted by molar-refractivity contribution is 0.597. The summed E-state index contributed by atoms with van der Waals surface area (Å²) in [6, 6.07) is 5.40. The summed E-state index contributed by atoms with van der Waals surface area (Å²) in [6.07, 6.45) is 0.577. The molecule has 0 aliphatic heterocycles. The van der Waals surface area contributed by atoms with Crippen molar-refractivity contribution in [3.63, 3.8) is 0 Å². The molecule has 0 aromatic heterocycles. The van der Waals surface area contributed by atoms with Gasteiger partial charge in [0.05, 0.1) is 11.4 Å². The van der Waals surface area contributed by atoms with Gasteiger partial charge < -0.3 is 5.32 Å². The smallest absolute Gasteiger partial charge is 0.232 e. The van der Waals surface area contributed by atoms with Gasteiger partial charge in [-0.1, -0.05) is 6.07 Å². The molecule has 0 aliphatic rings. The number of halogens is 2. The highest BCUT2D eigenvalue weighted by Gasteiger charge is 2.13. The monoisotopic (exact) mass is 384 g/mol. The number of hydrogen-bond acceptors (Lipinski definition) is 3. The molecule has 96 valence electrons. The molecule has 0 saturated heterocycles. The van der Waals surface area contributed by atoms with Gasteiger partial charge >= 0.3 is 0 Å². The van der Waals surface area contributed by atoms with E-state index in [4.69, 9.17) is 0 Å². The summed E-state index contributed by atoms with van der Waals surface area (Å²) in [6.45, 7) is 0.679. The van der Waals surface area contributed by atoms with E-state index in [0.717, 1.165) is 0 Å². The van der Waals surface area contributed by atoms with Crippen LogP contribution in [0.15, 0.2) is 27.1 Å². The molecule has 0 aliphatic carbocycles. The Labute approximate surface area is 118 Å². The predicted molar refractivity (Wildman–Crippen MR) is 77.8 cm³/mol. The zero-order valence-corrected chi connectivity index (χ0v) is 13.3. The van der Waals surface area contributed by atoms with E-state index in [0.29, 0.717) is 27.6 Å². The highest BCUT2D eigenvalue weighted by Crippen LogP contribution is 2.31. The fourth-order valence-electron chi connectivity index (χ4n) is 1.24. The van der Waals surface area contributed by atoms with Gasteiger partial charge in [-0.05, 0) is 64.0 Å². The molecular formula is C10H14Br2N2O2S. The van der Waals surface area contributed by atoms with Crippen LogP contribution in [-0.4, -0.2) is 27.8 Å². The summed E-state index contributed by atoms with van der Waals surface area (Å²) in [5.41, 5.74) is 0.539. The molecule has 4 nitrogen and oxygen atoms in total. The lowest BCUT2D eigenvalue weighted by Gasteiger charge is -2.11. The zero-order valence-electron chi connectivity index (χ0n) is 9.33. The van der Waals surface area contributed by atoms with Crippen molar-refractivity contribution in [2.75, 3.05) is 24.1 Å². The Balaban J connectivity index is 2.76. The van der Waals surface area contributed by atoms with Crippen LogP contribution in [0.4, 0.5) is 5.69 Å². The first-order valence-electron chi connectivity index (χ1n) is 5.05. The molecule has 0 bridgehead atoms. The Kier molecular flexibility index (Phi) is 5.91. The van der Waals surface area contributed by atoms with Crippen molar-refractivity contribution < 1.29 is 8.42 Å². The van der Waals surface area contributed by atoms with Crippen LogP contribution in [0.3, 0.4) is 0 Å². The van der Waals surface area contributed by atoms with Crippen LogP contribution in [0, 0.1) is 0 Å². The molecule has 1 aromatic rings. The molecule has 0 atom stereocenters. The lowest BCUT2D eigenvalue weighted by Crippen LogP contribution is -2.20. The third-order valence-electron chi connectivity index (χ3n) is 2.06. The van der Waals surface area contributed by atoms with Gasteiger partial charge in [0.2, 0.25) is 10.0 Å². The van der Waals surface area contributed by atoms with Crippen LogP contribution in [0.25, 0.3) is 0 Å². The Morgan fingerprint density at radius 2 is 1.82 bits per heavy atom. The van der Waals surface area contributed by atoms with E-state index in [9.17, 15) is 8.42 Å². The van der Waals surface area contributed by atoms with Crippen molar-refractivity contribution in [3.8, 4) is 0 Å². The van der Waals surface area contributed by atoms with Gasteiger partial charge in [0.1, 0.15) is 0 Å². The second-order valence-corrected chi connectivity index (χ2v) is 7.03. The Bertz CT molecular complexity index is 457. The van der Waals surface area contributed by atoms with Gasteiger partial charge in [-0.25, -0.2) is 8.42 Å². The number of sulfonamides is 1. The highest BCUT2D eigenvalue weighted by atomic mass is 79.9. The van der Waals surface area contributed by atoms with E-state index in [1.54, 1.807) is 19.2 Å². The first-order valence-corrected chi connectivity index (χ1v) is 8.29. The normalized spacial score (nSPS) is 11.5. The van der Waals surface area contributed by atoms with Crippen molar-refractivity contribution in [1.82, 2.24) is 5.32 Å².